The third-order valence-corrected chi connectivity index (χ3v) is 1.00. The molecule has 0 atom stereocenters. The van der Waals surface area contributed by atoms with E-state index in [0.717, 1.165) is 0 Å². The fourth-order valence-electron chi connectivity index (χ4n) is 0.577. The second-order valence-corrected chi connectivity index (χ2v) is 1.71. The molecule has 0 spiro atoms. The van der Waals surface area contributed by atoms with Crippen molar-refractivity contribution in [1.29, 1.82) is 0 Å². The van der Waals surface area contributed by atoms with E-state index in [1.807, 2.05) is 34.9 Å². The Balaban J connectivity index is -0.000000213. The first kappa shape index (κ1) is 16.8. The summed E-state index contributed by atoms with van der Waals surface area (Å²) in [6, 6.07) is 0. The molecule has 0 aromatic carbocycles. The molecule has 0 saturated heterocycles. The maximum Gasteiger partial charge on any atom is 0.248 e. The van der Waals surface area contributed by atoms with E-state index in [0.29, 0.717) is 0 Å². The van der Waals surface area contributed by atoms with Crippen molar-refractivity contribution in [2.75, 3.05) is 0 Å². The number of imidazole rings is 1. The highest BCUT2D eigenvalue weighted by Gasteiger charge is 1.90. The summed E-state index contributed by atoms with van der Waals surface area (Å²) in [6.07, 6.45) is 7.58. The summed E-state index contributed by atoms with van der Waals surface area (Å²) in [7, 11) is 1.97. The highest BCUT2D eigenvalue weighted by molar-refractivity contribution is 5.12. The Morgan fingerprint density at radius 1 is 1.45 bits per heavy atom. The van der Waals surface area contributed by atoms with E-state index in [4.69, 9.17) is 0 Å². The van der Waals surface area contributed by atoms with Crippen LogP contribution >= 0.6 is 0 Å². The summed E-state index contributed by atoms with van der Waals surface area (Å²) in [4.78, 5) is 0. The molecule has 1 aromatic rings. The van der Waals surface area contributed by atoms with Crippen molar-refractivity contribution >= 4 is 6.20 Å². The van der Waals surface area contributed by atoms with Crippen LogP contribution in [-0.2, 0) is 7.05 Å². The van der Waals surface area contributed by atoms with Crippen LogP contribution in [-0.4, -0.2) is 4.57 Å². The van der Waals surface area contributed by atoms with E-state index in [-0.39, 0.29) is 31.0 Å². The summed E-state index contributed by atoms with van der Waals surface area (Å²) in [5.41, 5.74) is 0. The lowest BCUT2D eigenvalue weighted by Gasteiger charge is -1.74. The molecular weight excluding hydrogens is 185 g/mol. The monoisotopic (exact) mass is 197 g/mol. The van der Waals surface area contributed by atoms with Crippen molar-refractivity contribution in [3.05, 3.63) is 25.3 Å². The molecule has 4 N–H and O–H groups in total. The lowest BCUT2D eigenvalue weighted by molar-refractivity contribution is -0.670. The van der Waals surface area contributed by atoms with Crippen molar-refractivity contribution in [3.8, 4) is 0 Å². The number of hydrogen-bond acceptors (Lipinski definition) is 0. The first-order valence-electron chi connectivity index (χ1n) is 2.48. The fraction of sp³-hybridized carbons (Fsp3) is 0.167. The average Bonchev–Trinajstić information content (AvgIpc) is 2.14. The molecule has 0 radical (unpaired) electrons. The molecule has 66 valence electrons. The van der Waals surface area contributed by atoms with Gasteiger partial charge in [0.25, 0.3) is 0 Å². The molecular formula is C6H13Cl2N3. The Kier molecular flexibility index (Phi) is 11.6. The van der Waals surface area contributed by atoms with Gasteiger partial charge in [0.1, 0.15) is 12.4 Å². The molecule has 0 fully saturated rings. The van der Waals surface area contributed by atoms with Gasteiger partial charge in [0.15, 0.2) is 0 Å². The molecule has 0 amide bonds. The standard InChI is InChI=1S/C6H9N2.2ClH.H3N/c1-3-8-5-4-7(2)6-8;;;/h3-6H,1H2,2H3;2*1H;1H3/q+1;;;/p-1. The predicted molar refractivity (Wildman–Crippen MR) is 38.0 cm³/mol. The Bertz CT molecular complexity index is 197. The Hall–Kier alpha value is -0.510. The zero-order chi connectivity index (χ0) is 5.98. The van der Waals surface area contributed by atoms with Crippen molar-refractivity contribution < 1.29 is 29.4 Å². The minimum atomic E-state index is 0. The number of nitrogens with zero attached hydrogens (tertiary/aromatic N) is 2. The van der Waals surface area contributed by atoms with Crippen LogP contribution in [0.15, 0.2) is 25.3 Å². The van der Waals surface area contributed by atoms with Gasteiger partial charge in [-0.2, -0.15) is 0 Å². The molecule has 0 aliphatic heterocycles. The molecule has 0 unspecified atom stereocenters. The topological polar surface area (TPSA) is 45.3 Å². The Morgan fingerprint density at radius 3 is 2.18 bits per heavy atom. The van der Waals surface area contributed by atoms with Gasteiger partial charge in [-0.3, -0.25) is 0 Å². The van der Waals surface area contributed by atoms with Crippen molar-refractivity contribution in [3.63, 3.8) is 0 Å². The number of quaternary nitrogens is 1. The summed E-state index contributed by atoms with van der Waals surface area (Å²) in [5, 5.41) is 0. The highest BCUT2D eigenvalue weighted by Crippen LogP contribution is 1.79. The van der Waals surface area contributed by atoms with Crippen molar-refractivity contribution in [2.24, 2.45) is 7.05 Å². The van der Waals surface area contributed by atoms with Gasteiger partial charge in [0.2, 0.25) is 6.33 Å². The van der Waals surface area contributed by atoms with E-state index >= 15 is 0 Å². The van der Waals surface area contributed by atoms with Gasteiger partial charge in [-0.1, -0.05) is 6.58 Å². The number of aromatic nitrogens is 2. The molecule has 0 aliphatic carbocycles. The van der Waals surface area contributed by atoms with Crippen LogP contribution in [0.5, 0.6) is 0 Å². The zero-order valence-corrected chi connectivity index (χ0v) is 8.18. The summed E-state index contributed by atoms with van der Waals surface area (Å²) in [6.45, 7) is 3.59. The van der Waals surface area contributed by atoms with Gasteiger partial charge < -0.3 is 31.0 Å². The summed E-state index contributed by atoms with van der Waals surface area (Å²) in [5.74, 6) is 0. The van der Waals surface area contributed by atoms with Gasteiger partial charge >= 0.3 is 0 Å². The van der Waals surface area contributed by atoms with Gasteiger partial charge in [-0.15, -0.1) is 0 Å². The van der Waals surface area contributed by atoms with Crippen molar-refractivity contribution in [2.45, 2.75) is 0 Å². The molecule has 1 aromatic heterocycles. The SMILES string of the molecule is C=Cn1cc[n+](C)c1.[Cl-].[Cl-].[NH4+]. The highest BCUT2D eigenvalue weighted by atomic mass is 35.5. The van der Waals surface area contributed by atoms with E-state index in [1.54, 1.807) is 6.20 Å². The van der Waals surface area contributed by atoms with Gasteiger partial charge in [-0.25, -0.2) is 9.13 Å². The largest absolute Gasteiger partial charge is 1.00 e. The Labute approximate surface area is 79.1 Å². The fourth-order valence-corrected chi connectivity index (χ4v) is 0.577. The molecule has 1 rings (SSSR count). The second kappa shape index (κ2) is 7.60. The van der Waals surface area contributed by atoms with Gasteiger partial charge in [-0.05, 0) is 0 Å². The van der Waals surface area contributed by atoms with E-state index in [9.17, 15) is 0 Å². The van der Waals surface area contributed by atoms with E-state index < -0.39 is 0 Å². The third kappa shape index (κ3) is 4.84. The van der Waals surface area contributed by atoms with Crippen LogP contribution in [0.2, 0.25) is 0 Å². The van der Waals surface area contributed by atoms with Crippen LogP contribution in [0.4, 0.5) is 0 Å². The lowest BCUT2D eigenvalue weighted by Crippen LogP contribution is -3.00. The summed E-state index contributed by atoms with van der Waals surface area (Å²) < 4.78 is 3.85. The molecule has 0 bridgehead atoms. The molecule has 0 aliphatic rings. The third-order valence-electron chi connectivity index (χ3n) is 1.00. The quantitative estimate of drug-likeness (QED) is 0.438. The van der Waals surface area contributed by atoms with Crippen LogP contribution in [0.3, 0.4) is 0 Å². The number of hydrogen-bond donors (Lipinski definition) is 1. The minimum Gasteiger partial charge on any atom is -1.00 e. The normalized spacial score (nSPS) is 6.64. The molecule has 5 heteroatoms. The average molecular weight is 198 g/mol. The van der Waals surface area contributed by atoms with Gasteiger partial charge in [0.05, 0.1) is 13.2 Å². The van der Waals surface area contributed by atoms with Crippen LogP contribution < -0.4 is 35.5 Å². The smallest absolute Gasteiger partial charge is 0.248 e. The minimum absolute atomic E-state index is 0. The van der Waals surface area contributed by atoms with Gasteiger partial charge in [0, 0.05) is 0 Å². The first-order valence-corrected chi connectivity index (χ1v) is 2.48. The molecule has 11 heavy (non-hydrogen) atoms. The maximum atomic E-state index is 3.59. The predicted octanol–water partition coefficient (Wildman–Crippen LogP) is -5.20. The second-order valence-electron chi connectivity index (χ2n) is 1.71. The van der Waals surface area contributed by atoms with E-state index in [2.05, 4.69) is 6.58 Å². The molecule has 0 saturated carbocycles. The van der Waals surface area contributed by atoms with Crippen molar-refractivity contribution in [1.82, 2.24) is 10.7 Å². The first-order chi connectivity index (χ1) is 3.83. The summed E-state index contributed by atoms with van der Waals surface area (Å²) >= 11 is 0. The maximum absolute atomic E-state index is 3.59. The Morgan fingerprint density at radius 2 is 2.00 bits per heavy atom. The van der Waals surface area contributed by atoms with Crippen LogP contribution in [0.1, 0.15) is 0 Å². The number of halogens is 2. The molecule has 1 heterocycles. The van der Waals surface area contributed by atoms with E-state index in [1.165, 1.54) is 0 Å². The molecule has 3 nitrogen and oxygen atoms in total. The van der Waals surface area contributed by atoms with Crippen LogP contribution in [0, 0.1) is 0 Å². The lowest BCUT2D eigenvalue weighted by atomic mass is 10.8. The van der Waals surface area contributed by atoms with Crippen LogP contribution in [0.25, 0.3) is 6.20 Å². The zero-order valence-electron chi connectivity index (χ0n) is 6.67. The number of aryl methyl sites for hydroxylation is 1. The number of rotatable bonds is 1.